The van der Waals surface area contributed by atoms with Gasteiger partial charge in [-0.2, -0.15) is 0 Å². The number of hydrogen-bond donors (Lipinski definition) is 2. The summed E-state index contributed by atoms with van der Waals surface area (Å²) in [6, 6.07) is 5.80. The van der Waals surface area contributed by atoms with Crippen LogP contribution in [0.5, 0.6) is 0 Å². The van der Waals surface area contributed by atoms with Crippen LogP contribution in [0, 0.1) is 5.92 Å². The lowest BCUT2D eigenvalue weighted by Crippen LogP contribution is -2.51. The van der Waals surface area contributed by atoms with Crippen molar-refractivity contribution in [2.45, 2.75) is 32.7 Å². The van der Waals surface area contributed by atoms with E-state index in [0.29, 0.717) is 36.9 Å². The Bertz CT molecular complexity index is 639. The number of nitrogens with one attached hydrogen (secondary N) is 2. The number of rotatable bonds is 5. The van der Waals surface area contributed by atoms with Gasteiger partial charge in [-0.15, -0.1) is 0 Å². The van der Waals surface area contributed by atoms with E-state index in [1.165, 1.54) is 0 Å². The summed E-state index contributed by atoms with van der Waals surface area (Å²) in [7, 11) is 0. The Kier molecular flexibility index (Phi) is 5.71. The Morgan fingerprint density at radius 3 is 2.76 bits per heavy atom. The van der Waals surface area contributed by atoms with Gasteiger partial charge < -0.3 is 15.4 Å². The number of anilines is 1. The highest BCUT2D eigenvalue weighted by Crippen LogP contribution is 2.23. The van der Waals surface area contributed by atoms with E-state index < -0.39 is 0 Å². The van der Waals surface area contributed by atoms with Crippen molar-refractivity contribution in [3.63, 3.8) is 0 Å². The quantitative estimate of drug-likeness (QED) is 0.851. The summed E-state index contributed by atoms with van der Waals surface area (Å²) in [6.45, 7) is 8.35. The molecule has 25 heavy (non-hydrogen) atoms. The summed E-state index contributed by atoms with van der Waals surface area (Å²) < 4.78 is 5.43. The summed E-state index contributed by atoms with van der Waals surface area (Å²) >= 11 is 0. The average Bonchev–Trinajstić information content (AvgIpc) is 2.62. The van der Waals surface area contributed by atoms with Crippen molar-refractivity contribution in [2.24, 2.45) is 5.92 Å². The SMILES string of the molecule is CC(C)C(CNC(=O)c1ccc2c(c1)CCC(=O)N2)N1CCOCC1. The Hall–Kier alpha value is -1.92. The molecule has 2 aliphatic heterocycles. The van der Waals surface area contributed by atoms with Crippen LogP contribution in [0.25, 0.3) is 0 Å². The number of hydrogen-bond acceptors (Lipinski definition) is 4. The Labute approximate surface area is 148 Å². The second-order valence-corrected chi connectivity index (χ2v) is 7.09. The molecular formula is C19H27N3O3. The van der Waals surface area contributed by atoms with Gasteiger partial charge in [-0.3, -0.25) is 14.5 Å². The Balaban J connectivity index is 1.62. The van der Waals surface area contributed by atoms with Gasteiger partial charge in [0, 0.05) is 43.3 Å². The summed E-state index contributed by atoms with van der Waals surface area (Å²) in [4.78, 5) is 26.4. The molecule has 0 spiro atoms. The molecule has 0 aliphatic carbocycles. The summed E-state index contributed by atoms with van der Waals surface area (Å²) in [5.74, 6) is 0.436. The molecule has 0 saturated carbocycles. The molecule has 0 radical (unpaired) electrons. The number of benzene rings is 1. The predicted molar refractivity (Wildman–Crippen MR) is 96.7 cm³/mol. The lowest BCUT2D eigenvalue weighted by molar-refractivity contribution is -0.116. The zero-order valence-electron chi connectivity index (χ0n) is 15.0. The first-order valence-electron chi connectivity index (χ1n) is 9.07. The topological polar surface area (TPSA) is 70.7 Å². The number of carbonyl (C=O) groups excluding carboxylic acids is 2. The molecule has 6 heteroatoms. The van der Waals surface area contributed by atoms with Gasteiger partial charge in [0.25, 0.3) is 5.91 Å². The molecule has 136 valence electrons. The third-order valence-corrected chi connectivity index (χ3v) is 5.02. The van der Waals surface area contributed by atoms with Crippen molar-refractivity contribution in [3.8, 4) is 0 Å². The lowest BCUT2D eigenvalue weighted by atomic mass is 9.99. The third kappa shape index (κ3) is 4.38. The van der Waals surface area contributed by atoms with Crippen LogP contribution in [-0.4, -0.2) is 55.6 Å². The maximum absolute atomic E-state index is 12.6. The number of morpholine rings is 1. The Morgan fingerprint density at radius 1 is 1.28 bits per heavy atom. The van der Waals surface area contributed by atoms with Gasteiger partial charge in [-0.1, -0.05) is 13.8 Å². The number of aryl methyl sites for hydroxylation is 1. The molecule has 2 aliphatic rings. The van der Waals surface area contributed by atoms with E-state index in [1.807, 2.05) is 12.1 Å². The molecule has 2 heterocycles. The van der Waals surface area contributed by atoms with Crippen molar-refractivity contribution >= 4 is 17.5 Å². The first-order chi connectivity index (χ1) is 12.0. The van der Waals surface area contributed by atoms with E-state index in [9.17, 15) is 9.59 Å². The summed E-state index contributed by atoms with van der Waals surface area (Å²) in [5.41, 5.74) is 2.50. The van der Waals surface area contributed by atoms with Crippen LogP contribution < -0.4 is 10.6 Å². The largest absolute Gasteiger partial charge is 0.379 e. The van der Waals surface area contributed by atoms with Gasteiger partial charge in [-0.25, -0.2) is 0 Å². The van der Waals surface area contributed by atoms with Crippen molar-refractivity contribution in [1.82, 2.24) is 10.2 Å². The van der Waals surface area contributed by atoms with Gasteiger partial charge in [0.15, 0.2) is 0 Å². The molecule has 1 atom stereocenters. The van der Waals surface area contributed by atoms with E-state index in [-0.39, 0.29) is 11.8 Å². The second-order valence-electron chi connectivity index (χ2n) is 7.09. The summed E-state index contributed by atoms with van der Waals surface area (Å²) in [6.07, 6.45) is 1.16. The number of amides is 2. The zero-order valence-corrected chi connectivity index (χ0v) is 15.0. The number of ether oxygens (including phenoxy) is 1. The zero-order chi connectivity index (χ0) is 17.8. The minimum atomic E-state index is -0.0568. The molecule has 3 rings (SSSR count). The number of carbonyl (C=O) groups is 2. The minimum Gasteiger partial charge on any atom is -0.379 e. The van der Waals surface area contributed by atoms with Crippen LogP contribution in [0.3, 0.4) is 0 Å². The Morgan fingerprint density at radius 2 is 2.04 bits per heavy atom. The fourth-order valence-corrected chi connectivity index (χ4v) is 3.52. The van der Waals surface area contributed by atoms with E-state index >= 15 is 0 Å². The minimum absolute atomic E-state index is 0.0370. The smallest absolute Gasteiger partial charge is 0.251 e. The summed E-state index contributed by atoms with van der Waals surface area (Å²) in [5, 5.41) is 5.93. The molecule has 1 unspecified atom stereocenters. The van der Waals surface area contributed by atoms with E-state index in [4.69, 9.17) is 4.74 Å². The maximum Gasteiger partial charge on any atom is 0.251 e. The maximum atomic E-state index is 12.6. The highest BCUT2D eigenvalue weighted by atomic mass is 16.5. The highest BCUT2D eigenvalue weighted by molar-refractivity contribution is 5.97. The predicted octanol–water partition coefficient (Wildman–Crippen LogP) is 1.66. The van der Waals surface area contributed by atoms with E-state index in [0.717, 1.165) is 37.6 Å². The first kappa shape index (κ1) is 17.9. The molecule has 1 saturated heterocycles. The lowest BCUT2D eigenvalue weighted by Gasteiger charge is -2.36. The van der Waals surface area contributed by atoms with Crippen molar-refractivity contribution in [3.05, 3.63) is 29.3 Å². The fraction of sp³-hybridized carbons (Fsp3) is 0.579. The van der Waals surface area contributed by atoms with Gasteiger partial charge in [0.1, 0.15) is 0 Å². The van der Waals surface area contributed by atoms with Crippen LogP contribution in [0.4, 0.5) is 5.69 Å². The first-order valence-corrected chi connectivity index (χ1v) is 9.07. The number of nitrogens with zero attached hydrogens (tertiary/aromatic N) is 1. The molecule has 6 nitrogen and oxygen atoms in total. The van der Waals surface area contributed by atoms with Gasteiger partial charge in [-0.05, 0) is 36.1 Å². The van der Waals surface area contributed by atoms with Gasteiger partial charge >= 0.3 is 0 Å². The molecule has 2 N–H and O–H groups in total. The average molecular weight is 345 g/mol. The molecular weight excluding hydrogens is 318 g/mol. The van der Waals surface area contributed by atoms with E-state index in [1.54, 1.807) is 6.07 Å². The van der Waals surface area contributed by atoms with Crippen LogP contribution in [-0.2, 0) is 16.0 Å². The molecule has 1 aromatic carbocycles. The number of fused-ring (bicyclic) bond motifs is 1. The van der Waals surface area contributed by atoms with Crippen molar-refractivity contribution in [2.75, 3.05) is 38.2 Å². The third-order valence-electron chi connectivity index (χ3n) is 5.02. The van der Waals surface area contributed by atoms with Gasteiger partial charge in [0.2, 0.25) is 5.91 Å². The van der Waals surface area contributed by atoms with E-state index in [2.05, 4.69) is 29.4 Å². The molecule has 2 amide bonds. The second kappa shape index (κ2) is 7.97. The standard InChI is InChI=1S/C19H27N3O3/c1-13(2)17(22-7-9-25-10-8-22)12-20-19(24)15-3-5-16-14(11-15)4-6-18(23)21-16/h3,5,11,13,17H,4,6-10,12H2,1-2H3,(H,20,24)(H,21,23). The monoisotopic (exact) mass is 345 g/mol. The molecule has 1 aromatic rings. The fourth-order valence-electron chi connectivity index (χ4n) is 3.52. The van der Waals surface area contributed by atoms with Crippen molar-refractivity contribution < 1.29 is 14.3 Å². The van der Waals surface area contributed by atoms with Gasteiger partial charge in [0.05, 0.1) is 13.2 Å². The van der Waals surface area contributed by atoms with Crippen LogP contribution in [0.1, 0.15) is 36.2 Å². The highest BCUT2D eigenvalue weighted by Gasteiger charge is 2.24. The molecule has 0 bridgehead atoms. The van der Waals surface area contributed by atoms with Crippen molar-refractivity contribution in [1.29, 1.82) is 0 Å². The molecule has 1 fully saturated rings. The van der Waals surface area contributed by atoms with Crippen LogP contribution >= 0.6 is 0 Å². The normalized spacial score (nSPS) is 19.2. The van der Waals surface area contributed by atoms with Crippen LogP contribution in [0.2, 0.25) is 0 Å². The van der Waals surface area contributed by atoms with Crippen LogP contribution in [0.15, 0.2) is 18.2 Å². The molecule has 0 aromatic heterocycles.